The molecule has 2 N–H and O–H groups in total. The number of carboxylic acid groups (broad SMARTS) is 1. The molecule has 1 rings (SSSR count). The van der Waals surface area contributed by atoms with Crippen LogP contribution in [0.3, 0.4) is 0 Å². The molecule has 0 spiro atoms. The Labute approximate surface area is 75.9 Å². The van der Waals surface area contributed by atoms with E-state index in [4.69, 9.17) is 5.11 Å². The van der Waals surface area contributed by atoms with Crippen LogP contribution in [0, 0.1) is 0 Å². The third kappa shape index (κ3) is 2.59. The summed E-state index contributed by atoms with van der Waals surface area (Å²) in [6, 6.07) is 3.54. The molecular weight excluding hydrogens is 168 g/mol. The van der Waals surface area contributed by atoms with E-state index >= 15 is 0 Å². The molecule has 0 aliphatic rings. The number of pyridine rings is 1. The fraction of sp³-hybridized carbons (Fsp3) is 0.111. The van der Waals surface area contributed by atoms with Gasteiger partial charge in [-0.1, -0.05) is 0 Å². The molecule has 0 unspecified atom stereocenters. The van der Waals surface area contributed by atoms with Gasteiger partial charge in [-0.15, -0.1) is 0 Å². The third-order valence-corrected chi connectivity index (χ3v) is 1.48. The Hall–Kier alpha value is -1.84. The molecule has 13 heavy (non-hydrogen) atoms. The number of hydrogen-bond acceptors (Lipinski definition) is 3. The number of carbonyl (C=O) groups is 1. The van der Waals surface area contributed by atoms with Crippen LogP contribution in [-0.2, 0) is 4.79 Å². The van der Waals surface area contributed by atoms with Gasteiger partial charge in [-0.25, -0.2) is 9.78 Å². The monoisotopic (exact) mass is 178 g/mol. The van der Waals surface area contributed by atoms with Crippen molar-refractivity contribution in [1.82, 2.24) is 4.98 Å². The van der Waals surface area contributed by atoms with Gasteiger partial charge in [0.15, 0.2) is 0 Å². The van der Waals surface area contributed by atoms with E-state index in [0.717, 1.165) is 11.6 Å². The van der Waals surface area contributed by atoms with E-state index in [2.05, 4.69) is 10.3 Å². The number of anilines is 1. The second-order valence-corrected chi connectivity index (χ2v) is 2.36. The maximum Gasteiger partial charge on any atom is 0.328 e. The maximum absolute atomic E-state index is 10.2. The van der Waals surface area contributed by atoms with Crippen LogP contribution >= 0.6 is 0 Å². The topological polar surface area (TPSA) is 62.2 Å². The highest BCUT2D eigenvalue weighted by molar-refractivity contribution is 5.86. The number of hydrogen-bond donors (Lipinski definition) is 2. The summed E-state index contributed by atoms with van der Waals surface area (Å²) in [5, 5.41) is 11.3. The number of aliphatic carboxylic acids is 1. The van der Waals surface area contributed by atoms with Crippen LogP contribution in [0.15, 0.2) is 24.4 Å². The zero-order valence-corrected chi connectivity index (χ0v) is 7.19. The smallest absolute Gasteiger partial charge is 0.328 e. The molecule has 4 nitrogen and oxygen atoms in total. The van der Waals surface area contributed by atoms with Crippen molar-refractivity contribution in [3.63, 3.8) is 0 Å². The summed E-state index contributed by atoms with van der Waals surface area (Å²) in [6.45, 7) is 0. The number of rotatable bonds is 3. The Morgan fingerprint density at radius 3 is 3.08 bits per heavy atom. The van der Waals surface area contributed by atoms with Crippen LogP contribution in [0.5, 0.6) is 0 Å². The van der Waals surface area contributed by atoms with Gasteiger partial charge in [0, 0.05) is 24.9 Å². The molecule has 68 valence electrons. The standard InChI is InChI=1S/C9H10N2O2/c1-10-9-7(3-2-6-11-9)4-5-8(12)13/h2-6H,1H3,(H,10,11)(H,12,13)/b5-4+. The molecule has 0 fully saturated rings. The van der Waals surface area contributed by atoms with Crippen molar-refractivity contribution in [2.45, 2.75) is 0 Å². The van der Waals surface area contributed by atoms with Gasteiger partial charge < -0.3 is 10.4 Å². The molecule has 0 aliphatic heterocycles. The first-order valence-electron chi connectivity index (χ1n) is 3.78. The summed E-state index contributed by atoms with van der Waals surface area (Å²) in [5.41, 5.74) is 0.757. The van der Waals surface area contributed by atoms with E-state index in [1.807, 2.05) is 0 Å². The number of carboxylic acids is 1. The van der Waals surface area contributed by atoms with Gasteiger partial charge in [0.2, 0.25) is 0 Å². The van der Waals surface area contributed by atoms with E-state index in [1.54, 1.807) is 25.4 Å². The van der Waals surface area contributed by atoms with E-state index in [0.29, 0.717) is 5.82 Å². The Bertz CT molecular complexity index is 334. The van der Waals surface area contributed by atoms with Crippen LogP contribution in [0.25, 0.3) is 6.08 Å². The quantitative estimate of drug-likeness (QED) is 0.683. The predicted octanol–water partition coefficient (Wildman–Crippen LogP) is 1.22. The fourth-order valence-electron chi connectivity index (χ4n) is 0.922. The van der Waals surface area contributed by atoms with E-state index < -0.39 is 5.97 Å². The molecule has 0 saturated carbocycles. The molecule has 0 saturated heterocycles. The first-order valence-corrected chi connectivity index (χ1v) is 3.78. The van der Waals surface area contributed by atoms with Crippen molar-refractivity contribution in [3.05, 3.63) is 30.0 Å². The van der Waals surface area contributed by atoms with E-state index in [-0.39, 0.29) is 0 Å². The van der Waals surface area contributed by atoms with Crippen molar-refractivity contribution in [3.8, 4) is 0 Å². The van der Waals surface area contributed by atoms with Gasteiger partial charge in [-0.05, 0) is 18.2 Å². The number of nitrogens with one attached hydrogen (secondary N) is 1. The molecule has 1 aromatic rings. The molecule has 1 heterocycles. The zero-order valence-electron chi connectivity index (χ0n) is 7.19. The lowest BCUT2D eigenvalue weighted by atomic mass is 10.2. The minimum atomic E-state index is -0.967. The van der Waals surface area contributed by atoms with Gasteiger partial charge in [-0.3, -0.25) is 0 Å². The lowest BCUT2D eigenvalue weighted by Gasteiger charge is -2.01. The minimum Gasteiger partial charge on any atom is -0.478 e. The second kappa shape index (κ2) is 4.25. The van der Waals surface area contributed by atoms with E-state index in [9.17, 15) is 4.79 Å². The molecule has 0 aliphatic carbocycles. The summed E-state index contributed by atoms with van der Waals surface area (Å²) < 4.78 is 0. The van der Waals surface area contributed by atoms with Crippen molar-refractivity contribution < 1.29 is 9.90 Å². The lowest BCUT2D eigenvalue weighted by Crippen LogP contribution is -1.94. The van der Waals surface area contributed by atoms with Crippen molar-refractivity contribution in [1.29, 1.82) is 0 Å². The average molecular weight is 178 g/mol. The highest BCUT2D eigenvalue weighted by atomic mass is 16.4. The van der Waals surface area contributed by atoms with Gasteiger partial charge in [0.25, 0.3) is 0 Å². The van der Waals surface area contributed by atoms with Crippen LogP contribution in [-0.4, -0.2) is 23.1 Å². The Morgan fingerprint density at radius 1 is 1.69 bits per heavy atom. The highest BCUT2D eigenvalue weighted by Gasteiger charge is 1.96. The molecule has 0 aromatic carbocycles. The maximum atomic E-state index is 10.2. The predicted molar refractivity (Wildman–Crippen MR) is 50.5 cm³/mol. The van der Waals surface area contributed by atoms with Crippen molar-refractivity contribution in [2.24, 2.45) is 0 Å². The number of nitrogens with zero attached hydrogens (tertiary/aromatic N) is 1. The molecule has 0 radical (unpaired) electrons. The summed E-state index contributed by atoms with van der Waals surface area (Å²) in [4.78, 5) is 14.3. The third-order valence-electron chi connectivity index (χ3n) is 1.48. The molecule has 0 amide bonds. The van der Waals surface area contributed by atoms with Crippen LogP contribution < -0.4 is 5.32 Å². The van der Waals surface area contributed by atoms with Gasteiger partial charge in [0.1, 0.15) is 5.82 Å². The lowest BCUT2D eigenvalue weighted by molar-refractivity contribution is -0.131. The Kier molecular flexibility index (Phi) is 3.03. The summed E-state index contributed by atoms with van der Waals surface area (Å²) in [7, 11) is 1.74. The molecule has 0 atom stereocenters. The molecule has 0 bridgehead atoms. The van der Waals surface area contributed by atoms with Crippen molar-refractivity contribution >= 4 is 17.9 Å². The summed E-state index contributed by atoms with van der Waals surface area (Å²) in [5.74, 6) is -0.300. The van der Waals surface area contributed by atoms with E-state index in [1.165, 1.54) is 6.08 Å². The van der Waals surface area contributed by atoms with Crippen LogP contribution in [0.4, 0.5) is 5.82 Å². The first-order chi connectivity index (χ1) is 6.24. The minimum absolute atomic E-state index is 0.667. The molecular formula is C9H10N2O2. The van der Waals surface area contributed by atoms with Crippen molar-refractivity contribution in [2.75, 3.05) is 12.4 Å². The fourth-order valence-corrected chi connectivity index (χ4v) is 0.922. The largest absolute Gasteiger partial charge is 0.478 e. The summed E-state index contributed by atoms with van der Waals surface area (Å²) in [6.07, 6.45) is 4.23. The second-order valence-electron chi connectivity index (χ2n) is 2.36. The zero-order chi connectivity index (χ0) is 9.68. The molecule has 1 aromatic heterocycles. The Morgan fingerprint density at radius 2 is 2.46 bits per heavy atom. The Balaban J connectivity index is 2.93. The van der Waals surface area contributed by atoms with Crippen LogP contribution in [0.1, 0.15) is 5.56 Å². The highest BCUT2D eigenvalue weighted by Crippen LogP contribution is 2.11. The summed E-state index contributed by atoms with van der Waals surface area (Å²) >= 11 is 0. The van der Waals surface area contributed by atoms with Crippen LogP contribution in [0.2, 0.25) is 0 Å². The van der Waals surface area contributed by atoms with Gasteiger partial charge in [0.05, 0.1) is 0 Å². The first kappa shape index (κ1) is 9.25. The number of aromatic nitrogens is 1. The normalized spacial score (nSPS) is 10.2. The molecule has 4 heteroatoms. The van der Waals surface area contributed by atoms with Gasteiger partial charge in [-0.2, -0.15) is 0 Å². The average Bonchev–Trinajstić information content (AvgIpc) is 2.15. The van der Waals surface area contributed by atoms with Gasteiger partial charge >= 0.3 is 5.97 Å². The SMILES string of the molecule is CNc1ncccc1/C=C/C(=O)O.